The molecule has 0 saturated carbocycles. The molecule has 0 spiro atoms. The molecular formula is C12H13F2N3O2. The maximum atomic E-state index is 13.0. The van der Waals surface area contributed by atoms with Crippen LogP contribution in [0.4, 0.5) is 14.6 Å². The first-order valence-corrected chi connectivity index (χ1v) is 5.41. The first kappa shape index (κ1) is 13.1. The number of rotatable bonds is 4. The topological polar surface area (TPSA) is 73.2 Å². The molecule has 0 saturated heterocycles. The van der Waals surface area contributed by atoms with E-state index in [1.54, 1.807) is 0 Å². The number of halogens is 2. The number of benzene rings is 1. The van der Waals surface area contributed by atoms with Crippen LogP contribution in [0.5, 0.6) is 11.5 Å². The summed E-state index contributed by atoms with van der Waals surface area (Å²) in [7, 11) is 2.77. The number of ether oxygens (including phenoxy) is 2. The molecule has 2 rings (SSSR count). The molecule has 19 heavy (non-hydrogen) atoms. The van der Waals surface area contributed by atoms with Crippen LogP contribution < -0.4 is 15.2 Å². The van der Waals surface area contributed by atoms with E-state index in [0.717, 1.165) is 0 Å². The minimum atomic E-state index is -2.66. The first-order valence-electron chi connectivity index (χ1n) is 5.41. The van der Waals surface area contributed by atoms with E-state index in [2.05, 4.69) is 10.2 Å². The summed E-state index contributed by atoms with van der Waals surface area (Å²) >= 11 is 0. The molecular weight excluding hydrogens is 256 g/mol. The third kappa shape index (κ3) is 2.31. The predicted octanol–water partition coefficient (Wildman–Crippen LogP) is 2.61. The molecule has 1 heterocycles. The fourth-order valence-electron chi connectivity index (χ4n) is 1.82. The highest BCUT2D eigenvalue weighted by molar-refractivity contribution is 5.79. The number of H-pyrrole nitrogens is 1. The van der Waals surface area contributed by atoms with E-state index in [1.165, 1.54) is 32.5 Å². The second-order valence-corrected chi connectivity index (χ2v) is 3.79. The summed E-state index contributed by atoms with van der Waals surface area (Å²) in [4.78, 5) is 0. The van der Waals surface area contributed by atoms with Crippen molar-refractivity contribution >= 4 is 5.82 Å². The monoisotopic (exact) mass is 269 g/mol. The normalized spacial score (nSPS) is 10.8. The molecule has 0 radical (unpaired) electrons. The van der Waals surface area contributed by atoms with Crippen molar-refractivity contribution in [3.05, 3.63) is 23.9 Å². The smallest absolute Gasteiger partial charge is 0.267 e. The number of nitrogens with zero attached hydrogens (tertiary/aromatic N) is 1. The van der Waals surface area contributed by atoms with Gasteiger partial charge in [-0.3, -0.25) is 5.10 Å². The second kappa shape index (κ2) is 5.13. The SMILES string of the molecule is COc1cc(OC)c(C(F)F)cc1-c1cn[nH]c1N. The Bertz CT molecular complexity index is 584. The van der Waals surface area contributed by atoms with Crippen LogP contribution >= 0.6 is 0 Å². The molecule has 0 atom stereocenters. The molecule has 0 bridgehead atoms. The minimum absolute atomic E-state index is 0.0673. The zero-order valence-corrected chi connectivity index (χ0v) is 10.4. The quantitative estimate of drug-likeness (QED) is 0.894. The molecule has 1 aromatic heterocycles. The Hall–Kier alpha value is -2.31. The zero-order valence-electron chi connectivity index (χ0n) is 10.4. The van der Waals surface area contributed by atoms with Crippen LogP contribution in [-0.4, -0.2) is 24.4 Å². The van der Waals surface area contributed by atoms with Gasteiger partial charge in [-0.05, 0) is 6.07 Å². The molecule has 0 aliphatic heterocycles. The van der Waals surface area contributed by atoms with Gasteiger partial charge >= 0.3 is 0 Å². The highest BCUT2D eigenvalue weighted by Gasteiger charge is 2.20. The molecule has 102 valence electrons. The Morgan fingerprint density at radius 3 is 2.32 bits per heavy atom. The summed E-state index contributed by atoms with van der Waals surface area (Å²) in [6.45, 7) is 0. The summed E-state index contributed by atoms with van der Waals surface area (Å²) in [6, 6.07) is 2.70. The third-order valence-corrected chi connectivity index (χ3v) is 2.75. The van der Waals surface area contributed by atoms with Crippen molar-refractivity contribution in [3.8, 4) is 22.6 Å². The number of alkyl halides is 2. The number of methoxy groups -OCH3 is 2. The maximum Gasteiger partial charge on any atom is 0.267 e. The summed E-state index contributed by atoms with van der Waals surface area (Å²) < 4.78 is 36.1. The van der Waals surface area contributed by atoms with E-state index in [4.69, 9.17) is 15.2 Å². The highest BCUT2D eigenvalue weighted by Crippen LogP contribution is 2.40. The van der Waals surface area contributed by atoms with Gasteiger partial charge in [-0.2, -0.15) is 5.10 Å². The standard InChI is InChI=1S/C12H13F2N3O2/c1-18-9-4-10(19-2)7(11(13)14)3-6(9)8-5-16-17-12(8)15/h3-5,11H,1-2H3,(H3,15,16,17). The fraction of sp³-hybridized carbons (Fsp3) is 0.250. The average Bonchev–Trinajstić information content (AvgIpc) is 2.83. The van der Waals surface area contributed by atoms with Crippen molar-refractivity contribution in [2.45, 2.75) is 6.43 Å². The minimum Gasteiger partial charge on any atom is -0.496 e. The molecule has 3 N–H and O–H groups in total. The van der Waals surface area contributed by atoms with E-state index < -0.39 is 6.43 Å². The molecule has 0 unspecified atom stereocenters. The largest absolute Gasteiger partial charge is 0.496 e. The molecule has 0 fully saturated rings. The molecule has 5 nitrogen and oxygen atoms in total. The van der Waals surface area contributed by atoms with Gasteiger partial charge in [0.25, 0.3) is 6.43 Å². The van der Waals surface area contributed by atoms with E-state index in [1.807, 2.05) is 0 Å². The fourth-order valence-corrected chi connectivity index (χ4v) is 1.82. The highest BCUT2D eigenvalue weighted by atomic mass is 19.3. The van der Waals surface area contributed by atoms with Crippen molar-refractivity contribution in [2.24, 2.45) is 0 Å². The van der Waals surface area contributed by atoms with Gasteiger partial charge in [0, 0.05) is 17.2 Å². The van der Waals surface area contributed by atoms with Crippen LogP contribution in [0, 0.1) is 0 Å². The number of nitrogens with one attached hydrogen (secondary N) is 1. The third-order valence-electron chi connectivity index (χ3n) is 2.75. The van der Waals surface area contributed by atoms with E-state index in [0.29, 0.717) is 16.9 Å². The number of aromatic nitrogens is 2. The van der Waals surface area contributed by atoms with Crippen molar-refractivity contribution < 1.29 is 18.3 Å². The predicted molar refractivity (Wildman–Crippen MR) is 66.5 cm³/mol. The van der Waals surface area contributed by atoms with Crippen molar-refractivity contribution in [1.29, 1.82) is 0 Å². The lowest BCUT2D eigenvalue weighted by Gasteiger charge is -2.14. The molecule has 0 aliphatic rings. The Morgan fingerprint density at radius 2 is 1.84 bits per heavy atom. The first-order chi connectivity index (χ1) is 9.08. The van der Waals surface area contributed by atoms with Gasteiger partial charge in [0.15, 0.2) is 0 Å². The lowest BCUT2D eigenvalue weighted by molar-refractivity contribution is 0.147. The van der Waals surface area contributed by atoms with Crippen LogP contribution in [0.3, 0.4) is 0 Å². The zero-order chi connectivity index (χ0) is 14.0. The van der Waals surface area contributed by atoms with E-state index >= 15 is 0 Å². The van der Waals surface area contributed by atoms with E-state index in [-0.39, 0.29) is 17.1 Å². The van der Waals surface area contributed by atoms with Gasteiger partial charge in [0.1, 0.15) is 17.3 Å². The van der Waals surface area contributed by atoms with Crippen molar-refractivity contribution in [3.63, 3.8) is 0 Å². The van der Waals surface area contributed by atoms with Gasteiger partial charge < -0.3 is 15.2 Å². The average molecular weight is 269 g/mol. The Labute approximate surface area is 108 Å². The molecule has 2 aromatic rings. The van der Waals surface area contributed by atoms with Gasteiger partial charge in [0.2, 0.25) is 0 Å². The molecule has 0 amide bonds. The van der Waals surface area contributed by atoms with E-state index in [9.17, 15) is 8.78 Å². The Morgan fingerprint density at radius 1 is 1.16 bits per heavy atom. The van der Waals surface area contributed by atoms with Crippen LogP contribution in [0.15, 0.2) is 18.3 Å². The maximum absolute atomic E-state index is 13.0. The van der Waals surface area contributed by atoms with Gasteiger partial charge in [-0.1, -0.05) is 0 Å². The summed E-state index contributed by atoms with van der Waals surface area (Å²) in [5.74, 6) is 0.732. The van der Waals surface area contributed by atoms with Crippen LogP contribution in [0.1, 0.15) is 12.0 Å². The summed E-state index contributed by atoms with van der Waals surface area (Å²) in [5, 5.41) is 6.32. The van der Waals surface area contributed by atoms with Crippen LogP contribution in [0.25, 0.3) is 11.1 Å². The van der Waals surface area contributed by atoms with Gasteiger partial charge in [-0.25, -0.2) is 8.78 Å². The molecule has 7 heteroatoms. The number of hydrogen-bond acceptors (Lipinski definition) is 4. The lowest BCUT2D eigenvalue weighted by Crippen LogP contribution is -1.97. The second-order valence-electron chi connectivity index (χ2n) is 3.79. The number of nitrogens with two attached hydrogens (primary N) is 1. The van der Waals surface area contributed by atoms with Crippen molar-refractivity contribution in [2.75, 3.05) is 20.0 Å². The lowest BCUT2D eigenvalue weighted by atomic mass is 10.0. The Kier molecular flexibility index (Phi) is 3.55. The van der Waals surface area contributed by atoms with Crippen LogP contribution in [-0.2, 0) is 0 Å². The van der Waals surface area contributed by atoms with Gasteiger partial charge in [0.05, 0.1) is 26.0 Å². The van der Waals surface area contributed by atoms with Gasteiger partial charge in [-0.15, -0.1) is 0 Å². The molecule has 1 aromatic carbocycles. The molecule has 0 aliphatic carbocycles. The van der Waals surface area contributed by atoms with Crippen LogP contribution in [0.2, 0.25) is 0 Å². The van der Waals surface area contributed by atoms with Crippen molar-refractivity contribution in [1.82, 2.24) is 10.2 Å². The summed E-state index contributed by atoms with van der Waals surface area (Å²) in [6.07, 6.45) is -1.21. The summed E-state index contributed by atoms with van der Waals surface area (Å²) in [5.41, 5.74) is 6.41. The Balaban J connectivity index is 2.66. The number of hydrogen-bond donors (Lipinski definition) is 2. The number of anilines is 1. The number of nitrogen functional groups attached to an aromatic ring is 1. The number of aromatic amines is 1.